The number of methoxy groups -OCH3 is 1. The highest BCUT2D eigenvalue weighted by molar-refractivity contribution is 5.92. The normalized spacial score (nSPS) is 18.7. The summed E-state index contributed by atoms with van der Waals surface area (Å²) in [6.45, 7) is 2.42. The second-order valence-corrected chi connectivity index (χ2v) is 5.44. The van der Waals surface area contributed by atoms with Crippen LogP contribution in [0.15, 0.2) is 18.3 Å². The molecule has 1 aliphatic heterocycles. The van der Waals surface area contributed by atoms with Gasteiger partial charge in [0, 0.05) is 39.4 Å². The van der Waals surface area contributed by atoms with Crippen molar-refractivity contribution in [3.8, 4) is 0 Å². The molecule has 1 saturated heterocycles. The Balaban J connectivity index is 2.02. The van der Waals surface area contributed by atoms with E-state index in [0.29, 0.717) is 31.9 Å². The molecule has 1 amide bonds. The summed E-state index contributed by atoms with van der Waals surface area (Å²) in [5.74, 6) is -0.758. The van der Waals surface area contributed by atoms with E-state index in [1.807, 2.05) is 16.8 Å². The van der Waals surface area contributed by atoms with E-state index in [1.165, 1.54) is 0 Å². The van der Waals surface area contributed by atoms with Crippen LogP contribution < -0.4 is 0 Å². The van der Waals surface area contributed by atoms with Crippen LogP contribution in [0.2, 0.25) is 0 Å². The molecule has 0 aromatic carbocycles. The van der Waals surface area contributed by atoms with E-state index in [-0.39, 0.29) is 18.2 Å². The molecular formula is C15H22N2O4. The quantitative estimate of drug-likeness (QED) is 0.862. The van der Waals surface area contributed by atoms with Crippen LogP contribution in [0.4, 0.5) is 0 Å². The Hall–Kier alpha value is -1.82. The third-order valence-electron chi connectivity index (χ3n) is 3.85. The van der Waals surface area contributed by atoms with E-state index in [1.54, 1.807) is 18.1 Å². The minimum Gasteiger partial charge on any atom is -0.481 e. The zero-order valence-electron chi connectivity index (χ0n) is 12.3. The molecule has 6 heteroatoms. The molecule has 21 heavy (non-hydrogen) atoms. The standard InChI is InChI=1S/C15H22N2O4/c1-21-9-8-16-6-3-5-13(16)15(20)17-7-2-4-12(11-17)10-14(18)19/h3,5-6,12H,2,4,7-11H2,1H3,(H,18,19). The predicted octanol–water partition coefficient (Wildman–Crippen LogP) is 1.46. The van der Waals surface area contributed by atoms with Gasteiger partial charge in [0.05, 0.1) is 6.61 Å². The predicted molar refractivity (Wildman–Crippen MR) is 77.2 cm³/mol. The first kappa shape index (κ1) is 15.6. The fourth-order valence-corrected chi connectivity index (χ4v) is 2.82. The summed E-state index contributed by atoms with van der Waals surface area (Å²) in [5.41, 5.74) is 0.642. The van der Waals surface area contributed by atoms with Crippen LogP contribution in [0.25, 0.3) is 0 Å². The fraction of sp³-hybridized carbons (Fsp3) is 0.600. The molecule has 2 rings (SSSR count). The summed E-state index contributed by atoms with van der Waals surface area (Å²) in [6.07, 6.45) is 3.74. The van der Waals surface area contributed by atoms with Crippen molar-refractivity contribution in [2.24, 2.45) is 5.92 Å². The molecule has 0 radical (unpaired) electrons. The lowest BCUT2D eigenvalue weighted by Crippen LogP contribution is -2.41. The number of piperidine rings is 1. The average molecular weight is 294 g/mol. The molecule has 1 aromatic heterocycles. The molecule has 1 aliphatic rings. The molecule has 0 bridgehead atoms. The first-order valence-electron chi connectivity index (χ1n) is 7.27. The van der Waals surface area contributed by atoms with Crippen LogP contribution in [0.5, 0.6) is 0 Å². The Morgan fingerprint density at radius 1 is 1.48 bits per heavy atom. The smallest absolute Gasteiger partial charge is 0.303 e. The van der Waals surface area contributed by atoms with Gasteiger partial charge in [-0.25, -0.2) is 0 Å². The van der Waals surface area contributed by atoms with Crippen molar-refractivity contribution in [3.05, 3.63) is 24.0 Å². The van der Waals surface area contributed by atoms with Gasteiger partial charge in [-0.3, -0.25) is 9.59 Å². The Kier molecular flexibility index (Phi) is 5.38. The maximum Gasteiger partial charge on any atom is 0.303 e. The number of aliphatic carboxylic acids is 1. The van der Waals surface area contributed by atoms with Crippen molar-refractivity contribution < 1.29 is 19.4 Å². The van der Waals surface area contributed by atoms with Gasteiger partial charge in [-0.05, 0) is 30.9 Å². The van der Waals surface area contributed by atoms with Gasteiger partial charge in [0.1, 0.15) is 5.69 Å². The number of aromatic nitrogens is 1. The number of carboxylic acids is 1. The fourth-order valence-electron chi connectivity index (χ4n) is 2.82. The third kappa shape index (κ3) is 4.07. The van der Waals surface area contributed by atoms with Gasteiger partial charge in [0.25, 0.3) is 5.91 Å². The summed E-state index contributed by atoms with van der Waals surface area (Å²) >= 11 is 0. The van der Waals surface area contributed by atoms with Crippen molar-refractivity contribution in [2.45, 2.75) is 25.8 Å². The summed E-state index contributed by atoms with van der Waals surface area (Å²) in [6, 6.07) is 3.65. The van der Waals surface area contributed by atoms with Gasteiger partial charge in [-0.15, -0.1) is 0 Å². The van der Waals surface area contributed by atoms with Crippen molar-refractivity contribution >= 4 is 11.9 Å². The molecule has 116 valence electrons. The summed E-state index contributed by atoms with van der Waals surface area (Å²) in [7, 11) is 1.63. The Morgan fingerprint density at radius 3 is 3.00 bits per heavy atom. The second-order valence-electron chi connectivity index (χ2n) is 5.44. The highest BCUT2D eigenvalue weighted by atomic mass is 16.5. The van der Waals surface area contributed by atoms with Crippen LogP contribution in [0.1, 0.15) is 29.8 Å². The monoisotopic (exact) mass is 294 g/mol. The van der Waals surface area contributed by atoms with Crippen molar-refractivity contribution in [1.82, 2.24) is 9.47 Å². The zero-order valence-corrected chi connectivity index (χ0v) is 12.3. The first-order valence-corrected chi connectivity index (χ1v) is 7.27. The minimum absolute atomic E-state index is 0.0220. The SMILES string of the molecule is COCCn1cccc1C(=O)N1CCCC(CC(=O)O)C1. The molecule has 0 aliphatic carbocycles. The van der Waals surface area contributed by atoms with Gasteiger partial charge in [-0.1, -0.05) is 0 Å². The van der Waals surface area contributed by atoms with Crippen molar-refractivity contribution in [1.29, 1.82) is 0 Å². The van der Waals surface area contributed by atoms with Gasteiger partial charge >= 0.3 is 5.97 Å². The number of amides is 1. The van der Waals surface area contributed by atoms with Gasteiger partial charge in [-0.2, -0.15) is 0 Å². The molecule has 1 atom stereocenters. The number of carbonyl (C=O) groups is 2. The second kappa shape index (κ2) is 7.26. The van der Waals surface area contributed by atoms with Crippen LogP contribution in [-0.2, 0) is 16.1 Å². The number of rotatable bonds is 6. The van der Waals surface area contributed by atoms with Crippen molar-refractivity contribution in [3.63, 3.8) is 0 Å². The van der Waals surface area contributed by atoms with E-state index in [2.05, 4.69) is 0 Å². The zero-order chi connectivity index (χ0) is 15.2. The summed E-state index contributed by atoms with van der Waals surface area (Å²) in [4.78, 5) is 25.2. The summed E-state index contributed by atoms with van der Waals surface area (Å²) < 4.78 is 6.93. The largest absolute Gasteiger partial charge is 0.481 e. The molecule has 2 heterocycles. The highest BCUT2D eigenvalue weighted by Crippen LogP contribution is 2.21. The minimum atomic E-state index is -0.794. The maximum absolute atomic E-state index is 12.6. The molecule has 1 N–H and O–H groups in total. The van der Waals surface area contributed by atoms with E-state index < -0.39 is 5.97 Å². The number of likely N-dealkylation sites (tertiary alicyclic amines) is 1. The number of carbonyl (C=O) groups excluding carboxylic acids is 1. The molecule has 6 nitrogen and oxygen atoms in total. The topological polar surface area (TPSA) is 71.8 Å². The van der Waals surface area contributed by atoms with Gasteiger partial charge < -0.3 is 19.3 Å². The third-order valence-corrected chi connectivity index (χ3v) is 3.85. The lowest BCUT2D eigenvalue weighted by atomic mass is 9.94. The lowest BCUT2D eigenvalue weighted by Gasteiger charge is -2.32. The van der Waals surface area contributed by atoms with E-state index in [9.17, 15) is 9.59 Å². The number of carboxylic acid groups (broad SMARTS) is 1. The van der Waals surface area contributed by atoms with Crippen LogP contribution in [-0.4, -0.2) is 53.3 Å². The molecule has 1 aromatic rings. The van der Waals surface area contributed by atoms with Crippen molar-refractivity contribution in [2.75, 3.05) is 26.8 Å². The molecule has 1 fully saturated rings. The lowest BCUT2D eigenvalue weighted by molar-refractivity contribution is -0.138. The summed E-state index contributed by atoms with van der Waals surface area (Å²) in [5, 5.41) is 8.89. The Morgan fingerprint density at radius 2 is 2.29 bits per heavy atom. The molecular weight excluding hydrogens is 272 g/mol. The Labute approximate surface area is 124 Å². The molecule has 0 saturated carbocycles. The molecule has 0 spiro atoms. The van der Waals surface area contributed by atoms with E-state index in [4.69, 9.17) is 9.84 Å². The first-order chi connectivity index (χ1) is 10.1. The number of hydrogen-bond donors (Lipinski definition) is 1. The average Bonchev–Trinajstić information content (AvgIpc) is 2.92. The number of ether oxygens (including phenoxy) is 1. The van der Waals surface area contributed by atoms with Gasteiger partial charge in [0.2, 0.25) is 0 Å². The number of nitrogens with zero attached hydrogens (tertiary/aromatic N) is 2. The van der Waals surface area contributed by atoms with E-state index >= 15 is 0 Å². The van der Waals surface area contributed by atoms with Crippen LogP contribution >= 0.6 is 0 Å². The Bertz CT molecular complexity index is 498. The molecule has 1 unspecified atom stereocenters. The van der Waals surface area contributed by atoms with E-state index in [0.717, 1.165) is 12.8 Å². The van der Waals surface area contributed by atoms with Gasteiger partial charge in [0.15, 0.2) is 0 Å². The maximum atomic E-state index is 12.6. The number of hydrogen-bond acceptors (Lipinski definition) is 3. The van der Waals surface area contributed by atoms with Crippen LogP contribution in [0, 0.1) is 5.92 Å². The van der Waals surface area contributed by atoms with Crippen LogP contribution in [0.3, 0.4) is 0 Å². The highest BCUT2D eigenvalue weighted by Gasteiger charge is 2.27.